The Morgan fingerprint density at radius 1 is 0.931 bits per heavy atom. The molecule has 4 aromatic rings. The van der Waals surface area contributed by atoms with Crippen LogP contribution in [-0.4, -0.2) is 29.3 Å². The van der Waals surface area contributed by atoms with Gasteiger partial charge in [0.05, 0.1) is 25.3 Å². The van der Waals surface area contributed by atoms with Gasteiger partial charge in [-0.25, -0.2) is 4.98 Å². The minimum Gasteiger partial charge on any atom is -0.493 e. The quantitative estimate of drug-likeness (QED) is 0.518. The number of fused-ring (bicyclic) bond motifs is 1. The van der Waals surface area contributed by atoms with Crippen LogP contribution < -0.4 is 14.8 Å². The third-order valence-corrected chi connectivity index (χ3v) is 4.65. The molecule has 0 saturated heterocycles. The van der Waals surface area contributed by atoms with E-state index >= 15 is 0 Å². The molecule has 0 amide bonds. The highest BCUT2D eigenvalue weighted by Crippen LogP contribution is 2.31. The first-order chi connectivity index (χ1) is 14.1. The molecule has 0 fully saturated rings. The fourth-order valence-corrected chi connectivity index (χ4v) is 3.17. The van der Waals surface area contributed by atoms with Crippen molar-refractivity contribution in [3.63, 3.8) is 0 Å². The zero-order valence-electron chi connectivity index (χ0n) is 16.8. The number of aryl methyl sites for hydroxylation is 2. The van der Waals surface area contributed by atoms with E-state index in [-0.39, 0.29) is 0 Å². The second-order valence-corrected chi connectivity index (χ2v) is 6.76. The molecule has 148 valence electrons. The van der Waals surface area contributed by atoms with Crippen molar-refractivity contribution < 1.29 is 14.0 Å². The number of pyridine rings is 1. The summed E-state index contributed by atoms with van der Waals surface area (Å²) in [4.78, 5) is 9.20. The predicted molar refractivity (Wildman–Crippen MR) is 111 cm³/mol. The van der Waals surface area contributed by atoms with E-state index in [0.717, 1.165) is 27.6 Å². The lowest BCUT2D eigenvalue weighted by atomic mass is 10.1. The van der Waals surface area contributed by atoms with Crippen LogP contribution in [0.2, 0.25) is 0 Å². The molecular weight excluding hydrogens is 368 g/mol. The van der Waals surface area contributed by atoms with Gasteiger partial charge in [0.1, 0.15) is 5.82 Å². The third kappa shape index (κ3) is 3.85. The van der Waals surface area contributed by atoms with Crippen LogP contribution in [0, 0.1) is 13.8 Å². The second-order valence-electron chi connectivity index (χ2n) is 6.76. The van der Waals surface area contributed by atoms with Crippen LogP contribution in [0.3, 0.4) is 0 Å². The Kier molecular flexibility index (Phi) is 5.03. The Morgan fingerprint density at radius 3 is 2.48 bits per heavy atom. The zero-order valence-corrected chi connectivity index (χ0v) is 16.8. The predicted octanol–water partition coefficient (Wildman–Crippen LogP) is 4.53. The van der Waals surface area contributed by atoms with E-state index < -0.39 is 0 Å². The topological polar surface area (TPSA) is 82.3 Å². The van der Waals surface area contributed by atoms with Gasteiger partial charge in [-0.3, -0.25) is 0 Å². The van der Waals surface area contributed by atoms with Gasteiger partial charge in [-0.15, -0.1) is 0 Å². The van der Waals surface area contributed by atoms with Gasteiger partial charge in [0.25, 0.3) is 0 Å². The monoisotopic (exact) mass is 390 g/mol. The second kappa shape index (κ2) is 7.79. The molecule has 4 rings (SSSR count). The van der Waals surface area contributed by atoms with Crippen molar-refractivity contribution in [1.29, 1.82) is 0 Å². The van der Waals surface area contributed by atoms with Crippen molar-refractivity contribution >= 4 is 16.7 Å². The Bertz CT molecular complexity index is 1170. The van der Waals surface area contributed by atoms with Gasteiger partial charge in [-0.1, -0.05) is 23.4 Å². The smallest absolute Gasteiger partial charge is 0.223 e. The summed E-state index contributed by atoms with van der Waals surface area (Å²) in [5.41, 5.74) is 3.88. The van der Waals surface area contributed by atoms with Crippen LogP contribution in [-0.2, 0) is 6.54 Å². The van der Waals surface area contributed by atoms with Gasteiger partial charge in [0.2, 0.25) is 11.7 Å². The molecule has 0 spiro atoms. The summed E-state index contributed by atoms with van der Waals surface area (Å²) in [5.74, 6) is 3.09. The Morgan fingerprint density at radius 2 is 1.76 bits per heavy atom. The van der Waals surface area contributed by atoms with E-state index in [4.69, 9.17) is 19.0 Å². The van der Waals surface area contributed by atoms with Crippen LogP contribution in [0.15, 0.2) is 47.0 Å². The number of hydrogen-bond acceptors (Lipinski definition) is 7. The van der Waals surface area contributed by atoms with Crippen molar-refractivity contribution in [2.24, 2.45) is 0 Å². The number of aromatic nitrogens is 3. The van der Waals surface area contributed by atoms with Gasteiger partial charge in [-0.05, 0) is 42.3 Å². The summed E-state index contributed by atoms with van der Waals surface area (Å²) in [6, 6.07) is 14.0. The Hall–Kier alpha value is -3.61. The highest BCUT2D eigenvalue weighted by Gasteiger charge is 2.15. The molecule has 2 heterocycles. The number of benzene rings is 2. The fourth-order valence-electron chi connectivity index (χ4n) is 3.17. The van der Waals surface area contributed by atoms with Gasteiger partial charge in [0, 0.05) is 18.9 Å². The van der Waals surface area contributed by atoms with E-state index in [1.165, 1.54) is 0 Å². The molecule has 0 atom stereocenters. The number of nitrogens with zero attached hydrogens (tertiary/aromatic N) is 3. The molecule has 29 heavy (non-hydrogen) atoms. The van der Waals surface area contributed by atoms with E-state index in [2.05, 4.69) is 27.6 Å². The van der Waals surface area contributed by atoms with E-state index in [1.807, 2.05) is 37.3 Å². The molecule has 0 unspecified atom stereocenters. The summed E-state index contributed by atoms with van der Waals surface area (Å²) in [5, 5.41) is 8.50. The van der Waals surface area contributed by atoms with E-state index in [9.17, 15) is 0 Å². The van der Waals surface area contributed by atoms with Crippen molar-refractivity contribution in [2.75, 3.05) is 19.5 Å². The molecule has 0 aliphatic carbocycles. The van der Waals surface area contributed by atoms with Crippen LogP contribution in [0.5, 0.6) is 11.5 Å². The lowest BCUT2D eigenvalue weighted by molar-refractivity contribution is 0.354. The largest absolute Gasteiger partial charge is 0.493 e. The maximum Gasteiger partial charge on any atom is 0.223 e. The number of anilines is 1. The fraction of sp³-hybridized carbons (Fsp3) is 0.227. The van der Waals surface area contributed by atoms with Crippen LogP contribution >= 0.6 is 0 Å². The summed E-state index contributed by atoms with van der Waals surface area (Å²) >= 11 is 0. The SMILES string of the molecule is COc1ccc(CNc2nc3cc(C)ccc3cc2-c2noc(C)n2)cc1OC. The first kappa shape index (κ1) is 18.7. The molecule has 0 bridgehead atoms. The minimum absolute atomic E-state index is 0.507. The molecule has 1 N–H and O–H groups in total. The Balaban J connectivity index is 1.71. The number of rotatable bonds is 6. The zero-order chi connectivity index (χ0) is 20.4. The average molecular weight is 390 g/mol. The molecule has 2 aromatic carbocycles. The van der Waals surface area contributed by atoms with Crippen molar-refractivity contribution in [2.45, 2.75) is 20.4 Å². The number of hydrogen-bond donors (Lipinski definition) is 1. The van der Waals surface area contributed by atoms with E-state index in [1.54, 1.807) is 21.1 Å². The maximum absolute atomic E-state index is 5.39. The van der Waals surface area contributed by atoms with Crippen LogP contribution in [0.4, 0.5) is 5.82 Å². The summed E-state index contributed by atoms with van der Waals surface area (Å²) in [7, 11) is 3.24. The number of ether oxygens (including phenoxy) is 2. The van der Waals surface area contributed by atoms with E-state index in [0.29, 0.717) is 35.6 Å². The molecule has 0 radical (unpaired) electrons. The van der Waals surface area contributed by atoms with Crippen molar-refractivity contribution in [3.8, 4) is 22.9 Å². The summed E-state index contributed by atoms with van der Waals surface area (Å²) < 4.78 is 15.9. The Labute approximate surface area is 168 Å². The average Bonchev–Trinajstić information content (AvgIpc) is 3.17. The molecule has 7 nitrogen and oxygen atoms in total. The van der Waals surface area contributed by atoms with Crippen LogP contribution in [0.1, 0.15) is 17.0 Å². The third-order valence-electron chi connectivity index (χ3n) is 4.65. The highest BCUT2D eigenvalue weighted by molar-refractivity contribution is 5.88. The normalized spacial score (nSPS) is 10.9. The lowest BCUT2D eigenvalue weighted by Crippen LogP contribution is -2.04. The molecular formula is C22H22N4O3. The van der Waals surface area contributed by atoms with Gasteiger partial charge < -0.3 is 19.3 Å². The summed E-state index contributed by atoms with van der Waals surface area (Å²) in [6.45, 7) is 4.37. The van der Waals surface area contributed by atoms with Crippen molar-refractivity contribution in [3.05, 3.63) is 59.5 Å². The van der Waals surface area contributed by atoms with Gasteiger partial charge in [0.15, 0.2) is 11.5 Å². The first-order valence-corrected chi connectivity index (χ1v) is 9.24. The van der Waals surface area contributed by atoms with Gasteiger partial charge >= 0.3 is 0 Å². The lowest BCUT2D eigenvalue weighted by Gasteiger charge is -2.13. The van der Waals surface area contributed by atoms with Gasteiger partial charge in [-0.2, -0.15) is 4.98 Å². The van der Waals surface area contributed by atoms with Crippen LogP contribution in [0.25, 0.3) is 22.3 Å². The first-order valence-electron chi connectivity index (χ1n) is 9.24. The molecule has 7 heteroatoms. The number of nitrogens with one attached hydrogen (secondary N) is 1. The molecule has 2 aromatic heterocycles. The maximum atomic E-state index is 5.39. The molecule has 0 saturated carbocycles. The summed E-state index contributed by atoms with van der Waals surface area (Å²) in [6.07, 6.45) is 0. The molecule has 0 aliphatic heterocycles. The molecule has 0 aliphatic rings. The highest BCUT2D eigenvalue weighted by atomic mass is 16.5. The number of methoxy groups -OCH3 is 2. The van der Waals surface area contributed by atoms with Crippen molar-refractivity contribution in [1.82, 2.24) is 15.1 Å². The minimum atomic E-state index is 0.507. The standard InChI is InChI=1S/C22H22N4O3/c1-13-5-7-16-11-17(22-24-14(2)29-26-22)21(25-18(16)9-13)23-12-15-6-8-19(27-3)20(10-15)28-4/h5-11H,12H2,1-4H3,(H,23,25).